The van der Waals surface area contributed by atoms with Crippen LogP contribution in [0.25, 0.3) is 0 Å². The molecule has 0 aromatic heterocycles. The molecule has 0 bridgehead atoms. The highest BCUT2D eigenvalue weighted by Crippen LogP contribution is 2.27. The Balaban J connectivity index is 0.00000166. The Labute approximate surface area is 183 Å². The molecule has 1 aliphatic rings. The van der Waals surface area contributed by atoms with Crippen LogP contribution in [0.1, 0.15) is 34.3 Å². The van der Waals surface area contributed by atoms with Gasteiger partial charge in [-0.3, -0.25) is 15.6 Å². The second-order valence-corrected chi connectivity index (χ2v) is 7.07. The summed E-state index contributed by atoms with van der Waals surface area (Å²) in [6.45, 7) is 8.67. The normalized spacial score (nSPS) is 15.1. The topological polar surface area (TPSA) is 117 Å². The quantitative estimate of drug-likeness (QED) is 0.380. The molecule has 0 spiro atoms. The maximum atomic E-state index is 13.4. The van der Waals surface area contributed by atoms with Crippen molar-refractivity contribution in [1.82, 2.24) is 4.90 Å². The Bertz CT molecular complexity index is 941. The zero-order valence-corrected chi connectivity index (χ0v) is 17.8. The lowest BCUT2D eigenvalue weighted by atomic mass is 10.0. The second kappa shape index (κ2) is 12.0. The predicted octanol–water partition coefficient (Wildman–Crippen LogP) is 4.18. The summed E-state index contributed by atoms with van der Waals surface area (Å²) in [5.41, 5.74) is 10.1. The fraction of sp³-hybridized carbons (Fsp3) is 0.261. The standard InChI is InChI=1S/C22H26N6O.CH3N/c1-16-8-9-21(27-25-11-10-23)20(13-16)22(29)28-12-4-7-19(28)15-17-5-3-6-18(14-17)26-24-2;1-2/h3,5-6,8-11,13-14,19,23,26-27H,2,4,7,12,15H2,1H3;2H,1H2/b23-10?,25-11-;/t19-;/m0./s1. The summed E-state index contributed by atoms with van der Waals surface area (Å²) in [5.74, 6) is 0.00536. The van der Waals surface area contributed by atoms with Crippen LogP contribution in [0.15, 0.2) is 52.7 Å². The van der Waals surface area contributed by atoms with E-state index in [1.54, 1.807) is 0 Å². The molecule has 3 rings (SSSR count). The van der Waals surface area contributed by atoms with E-state index < -0.39 is 0 Å². The predicted molar refractivity (Wildman–Crippen MR) is 129 cm³/mol. The average Bonchev–Trinajstić information content (AvgIpc) is 3.24. The van der Waals surface area contributed by atoms with E-state index in [2.05, 4.69) is 40.6 Å². The zero-order valence-electron chi connectivity index (χ0n) is 17.8. The first kappa shape index (κ1) is 23.5. The average molecular weight is 420 g/mol. The molecule has 1 atom stereocenters. The van der Waals surface area contributed by atoms with E-state index in [9.17, 15) is 4.79 Å². The van der Waals surface area contributed by atoms with E-state index in [1.165, 1.54) is 6.21 Å². The maximum Gasteiger partial charge on any atom is 0.256 e. The number of amides is 1. The number of nitrogens with zero attached hydrogens (tertiary/aromatic N) is 3. The van der Waals surface area contributed by atoms with Crippen LogP contribution < -0.4 is 10.9 Å². The Morgan fingerprint density at radius 2 is 2.06 bits per heavy atom. The summed E-state index contributed by atoms with van der Waals surface area (Å²) in [6, 6.07) is 13.9. The van der Waals surface area contributed by atoms with Crippen molar-refractivity contribution in [3.05, 3.63) is 59.2 Å². The summed E-state index contributed by atoms with van der Waals surface area (Å²) >= 11 is 0. The number of nitrogens with one attached hydrogen (secondary N) is 4. The molecular weight excluding hydrogens is 390 g/mol. The zero-order chi connectivity index (χ0) is 22.6. The maximum absolute atomic E-state index is 13.4. The third-order valence-corrected chi connectivity index (χ3v) is 4.98. The van der Waals surface area contributed by atoms with Crippen molar-refractivity contribution in [3.63, 3.8) is 0 Å². The van der Waals surface area contributed by atoms with Crippen molar-refractivity contribution in [2.45, 2.75) is 32.2 Å². The molecule has 1 heterocycles. The summed E-state index contributed by atoms with van der Waals surface area (Å²) in [4.78, 5) is 15.3. The number of aryl methyl sites for hydroxylation is 1. The van der Waals surface area contributed by atoms with Crippen LogP contribution in [0.3, 0.4) is 0 Å². The van der Waals surface area contributed by atoms with Gasteiger partial charge < -0.3 is 15.7 Å². The van der Waals surface area contributed by atoms with Crippen molar-refractivity contribution in [2.24, 2.45) is 10.2 Å². The summed E-state index contributed by atoms with van der Waals surface area (Å²) in [5, 5.41) is 20.2. The van der Waals surface area contributed by atoms with Gasteiger partial charge in [-0.05, 0) is 62.7 Å². The summed E-state index contributed by atoms with van der Waals surface area (Å²) < 4.78 is 0. The summed E-state index contributed by atoms with van der Waals surface area (Å²) in [7, 11) is 0. The van der Waals surface area contributed by atoms with E-state index in [0.717, 1.165) is 48.8 Å². The summed E-state index contributed by atoms with van der Waals surface area (Å²) in [6.07, 6.45) is 5.18. The second-order valence-electron chi connectivity index (χ2n) is 7.07. The minimum Gasteiger partial charge on any atom is -0.335 e. The number of likely N-dealkylation sites (tertiary alicyclic amines) is 1. The molecule has 0 unspecified atom stereocenters. The van der Waals surface area contributed by atoms with Gasteiger partial charge in [0.1, 0.15) is 0 Å². The third kappa shape index (κ3) is 6.33. The van der Waals surface area contributed by atoms with Crippen LogP contribution in [0.4, 0.5) is 11.4 Å². The van der Waals surface area contributed by atoms with Gasteiger partial charge in [0, 0.05) is 25.5 Å². The minimum absolute atomic E-state index is 0.00536. The SMILES string of the molecule is C=N.C=NNc1cccc(C[C@@H]2CCCN2C(=O)c2cc(C)ccc2N/N=C\C=N)c1. The number of hydrogen-bond acceptors (Lipinski definition) is 7. The van der Waals surface area contributed by atoms with Crippen molar-refractivity contribution in [2.75, 3.05) is 17.4 Å². The fourth-order valence-electron chi connectivity index (χ4n) is 3.68. The Morgan fingerprint density at radius 3 is 2.81 bits per heavy atom. The van der Waals surface area contributed by atoms with Gasteiger partial charge in [-0.2, -0.15) is 10.2 Å². The van der Waals surface area contributed by atoms with Gasteiger partial charge in [-0.15, -0.1) is 0 Å². The van der Waals surface area contributed by atoms with Gasteiger partial charge in [-0.25, -0.2) is 0 Å². The number of carbonyl (C=O) groups is 1. The minimum atomic E-state index is 0.00536. The number of carbonyl (C=O) groups excluding carboxylic acids is 1. The van der Waals surface area contributed by atoms with E-state index in [1.807, 2.05) is 48.2 Å². The van der Waals surface area contributed by atoms with Gasteiger partial charge in [0.25, 0.3) is 5.91 Å². The van der Waals surface area contributed by atoms with Crippen LogP contribution in [0.2, 0.25) is 0 Å². The van der Waals surface area contributed by atoms with Crippen molar-refractivity contribution < 1.29 is 4.79 Å². The van der Waals surface area contributed by atoms with Gasteiger partial charge in [0.2, 0.25) is 0 Å². The lowest BCUT2D eigenvalue weighted by molar-refractivity contribution is 0.0737. The number of rotatable bonds is 8. The van der Waals surface area contributed by atoms with Crippen LogP contribution >= 0.6 is 0 Å². The van der Waals surface area contributed by atoms with E-state index in [-0.39, 0.29) is 11.9 Å². The lowest BCUT2D eigenvalue weighted by Crippen LogP contribution is -2.37. The molecular formula is C23H29N7O. The van der Waals surface area contributed by atoms with Crippen molar-refractivity contribution in [1.29, 1.82) is 10.8 Å². The van der Waals surface area contributed by atoms with Crippen molar-refractivity contribution >= 4 is 43.1 Å². The monoisotopic (exact) mass is 419 g/mol. The molecule has 0 radical (unpaired) electrons. The van der Waals surface area contributed by atoms with E-state index in [4.69, 9.17) is 10.8 Å². The molecule has 2 aromatic rings. The Hall–Kier alpha value is -3.81. The first-order valence-corrected chi connectivity index (χ1v) is 9.98. The Kier molecular flexibility index (Phi) is 9.10. The van der Waals surface area contributed by atoms with Crippen LogP contribution in [0, 0.1) is 17.7 Å². The largest absolute Gasteiger partial charge is 0.335 e. The van der Waals surface area contributed by atoms with E-state index >= 15 is 0 Å². The molecule has 8 heteroatoms. The molecule has 4 N–H and O–H groups in total. The van der Waals surface area contributed by atoms with Gasteiger partial charge in [-0.1, -0.05) is 23.8 Å². The number of hydrogen-bond donors (Lipinski definition) is 4. The third-order valence-electron chi connectivity index (χ3n) is 4.98. The van der Waals surface area contributed by atoms with E-state index in [0.29, 0.717) is 11.3 Å². The van der Waals surface area contributed by atoms with Crippen LogP contribution in [-0.4, -0.2) is 49.3 Å². The highest BCUT2D eigenvalue weighted by atomic mass is 16.2. The molecule has 1 aliphatic heterocycles. The molecule has 2 aromatic carbocycles. The van der Waals surface area contributed by atoms with Crippen LogP contribution in [-0.2, 0) is 6.42 Å². The highest BCUT2D eigenvalue weighted by molar-refractivity contribution is 6.14. The fourth-order valence-corrected chi connectivity index (χ4v) is 3.68. The Morgan fingerprint density at radius 1 is 1.26 bits per heavy atom. The molecule has 31 heavy (non-hydrogen) atoms. The van der Waals surface area contributed by atoms with Gasteiger partial charge in [0.05, 0.1) is 23.2 Å². The smallest absolute Gasteiger partial charge is 0.256 e. The molecule has 1 fully saturated rings. The lowest BCUT2D eigenvalue weighted by Gasteiger charge is -2.26. The molecule has 8 nitrogen and oxygen atoms in total. The van der Waals surface area contributed by atoms with Gasteiger partial charge >= 0.3 is 0 Å². The first-order valence-electron chi connectivity index (χ1n) is 9.98. The molecule has 0 saturated carbocycles. The van der Waals surface area contributed by atoms with Crippen molar-refractivity contribution in [3.8, 4) is 0 Å². The molecule has 1 amide bonds. The number of benzene rings is 2. The first-order chi connectivity index (χ1) is 15.1. The molecule has 1 saturated heterocycles. The highest BCUT2D eigenvalue weighted by Gasteiger charge is 2.30. The number of hydrazone groups is 2. The number of anilines is 2. The molecule has 0 aliphatic carbocycles. The molecule has 162 valence electrons. The van der Waals surface area contributed by atoms with Gasteiger partial charge in [0.15, 0.2) is 0 Å². The van der Waals surface area contributed by atoms with Crippen LogP contribution in [0.5, 0.6) is 0 Å².